The average Bonchev–Trinajstić information content (AvgIpc) is 2.73. The lowest BCUT2D eigenvalue weighted by Gasteiger charge is -2.18. The molecule has 0 radical (unpaired) electrons. The molecule has 1 atom stereocenters. The van der Waals surface area contributed by atoms with Crippen LogP contribution in [0.1, 0.15) is 30.6 Å². The van der Waals surface area contributed by atoms with E-state index in [-0.39, 0.29) is 24.1 Å². The third-order valence-corrected chi connectivity index (χ3v) is 3.37. The number of amides is 1. The van der Waals surface area contributed by atoms with Crippen molar-refractivity contribution in [1.29, 1.82) is 0 Å². The predicted octanol–water partition coefficient (Wildman–Crippen LogP) is 1.27. The lowest BCUT2D eigenvalue weighted by molar-refractivity contribution is 0.0909. The number of rotatable bonds is 5. The van der Waals surface area contributed by atoms with Gasteiger partial charge in [-0.3, -0.25) is 9.36 Å². The summed E-state index contributed by atoms with van der Waals surface area (Å²) in [6.07, 6.45) is 0.678. The molecule has 0 aliphatic heterocycles. The third kappa shape index (κ3) is 3.16. The Hall–Kier alpha value is -2.08. The van der Waals surface area contributed by atoms with Gasteiger partial charge in [0.2, 0.25) is 0 Å². The maximum Gasteiger partial charge on any atom is 0.419 e. The minimum atomic E-state index is -0.508. The quantitative estimate of drug-likeness (QED) is 0.869. The van der Waals surface area contributed by atoms with Gasteiger partial charge in [0.1, 0.15) is 0 Å². The van der Waals surface area contributed by atoms with E-state index in [0.717, 1.165) is 0 Å². The largest absolute Gasteiger partial charge is 0.419 e. The predicted molar refractivity (Wildman–Crippen MR) is 79.3 cm³/mol. The second-order valence-corrected chi connectivity index (χ2v) is 5.56. The maximum atomic E-state index is 12.3. The molecule has 1 aromatic carbocycles. The number of carbonyl (C=O) groups is 1. The van der Waals surface area contributed by atoms with Gasteiger partial charge in [-0.15, -0.1) is 0 Å². The molecular weight excluding hydrogens is 272 g/mol. The highest BCUT2D eigenvalue weighted by Gasteiger charge is 2.19. The van der Waals surface area contributed by atoms with E-state index in [1.54, 1.807) is 25.2 Å². The van der Waals surface area contributed by atoms with Gasteiger partial charge in [-0.2, -0.15) is 0 Å². The second kappa shape index (κ2) is 6.13. The molecule has 6 heteroatoms. The van der Waals surface area contributed by atoms with Crippen LogP contribution in [-0.2, 0) is 7.05 Å². The Bertz CT molecular complexity index is 699. The normalized spacial score (nSPS) is 12.8. The van der Waals surface area contributed by atoms with Crippen LogP contribution >= 0.6 is 0 Å². The van der Waals surface area contributed by atoms with Crippen LogP contribution in [-0.4, -0.2) is 28.2 Å². The molecule has 0 saturated carbocycles. The van der Waals surface area contributed by atoms with Gasteiger partial charge in [0.15, 0.2) is 5.58 Å². The van der Waals surface area contributed by atoms with E-state index >= 15 is 0 Å². The number of hydrogen-bond acceptors (Lipinski definition) is 4. The molecule has 1 amide bonds. The lowest BCUT2D eigenvalue weighted by atomic mass is 10.0. The van der Waals surface area contributed by atoms with Crippen LogP contribution in [0.5, 0.6) is 0 Å². The highest BCUT2D eigenvalue weighted by Crippen LogP contribution is 2.17. The van der Waals surface area contributed by atoms with Gasteiger partial charge in [0, 0.05) is 7.05 Å². The van der Waals surface area contributed by atoms with Crippen LogP contribution in [0.15, 0.2) is 27.4 Å². The Balaban J connectivity index is 2.31. The van der Waals surface area contributed by atoms with Crippen molar-refractivity contribution in [3.63, 3.8) is 0 Å². The average molecular weight is 292 g/mol. The Kier molecular flexibility index (Phi) is 4.47. The summed E-state index contributed by atoms with van der Waals surface area (Å²) in [6.45, 7) is 3.91. The van der Waals surface area contributed by atoms with Crippen molar-refractivity contribution < 1.29 is 14.3 Å². The monoisotopic (exact) mass is 292 g/mol. The third-order valence-electron chi connectivity index (χ3n) is 3.37. The van der Waals surface area contributed by atoms with Crippen LogP contribution in [0.25, 0.3) is 11.1 Å². The van der Waals surface area contributed by atoms with Gasteiger partial charge in [-0.25, -0.2) is 4.79 Å². The first kappa shape index (κ1) is 15.3. The van der Waals surface area contributed by atoms with Gasteiger partial charge < -0.3 is 14.8 Å². The van der Waals surface area contributed by atoms with Crippen LogP contribution in [0, 0.1) is 5.92 Å². The van der Waals surface area contributed by atoms with Crippen molar-refractivity contribution in [1.82, 2.24) is 9.88 Å². The zero-order chi connectivity index (χ0) is 15.6. The molecule has 1 heterocycles. The highest BCUT2D eigenvalue weighted by molar-refractivity contribution is 6.04. The van der Waals surface area contributed by atoms with E-state index in [2.05, 4.69) is 5.32 Å². The maximum absolute atomic E-state index is 12.3. The molecule has 21 heavy (non-hydrogen) atoms. The summed E-state index contributed by atoms with van der Waals surface area (Å²) in [6, 6.07) is 4.70. The number of nitrogens with one attached hydrogen (secondary N) is 1. The molecule has 1 aromatic heterocycles. The smallest absolute Gasteiger partial charge is 0.407 e. The highest BCUT2D eigenvalue weighted by atomic mass is 16.4. The number of aryl methyl sites for hydroxylation is 1. The summed E-state index contributed by atoms with van der Waals surface area (Å²) < 4.78 is 6.48. The molecular formula is C15H20N2O4. The molecule has 0 saturated heterocycles. The first-order chi connectivity index (χ1) is 9.93. The van der Waals surface area contributed by atoms with Crippen LogP contribution < -0.4 is 11.1 Å². The number of hydrogen-bond donors (Lipinski definition) is 2. The van der Waals surface area contributed by atoms with Gasteiger partial charge in [0.05, 0.1) is 23.7 Å². The molecule has 0 fully saturated rings. The molecule has 0 aliphatic carbocycles. The van der Waals surface area contributed by atoms with Crippen LogP contribution in [0.4, 0.5) is 0 Å². The number of oxazole rings is 1. The fourth-order valence-electron chi connectivity index (χ4n) is 2.34. The molecule has 6 nitrogen and oxygen atoms in total. The summed E-state index contributed by atoms with van der Waals surface area (Å²) >= 11 is 0. The van der Waals surface area contributed by atoms with Crippen molar-refractivity contribution in [2.75, 3.05) is 6.61 Å². The second-order valence-electron chi connectivity index (χ2n) is 5.56. The Labute approximate surface area is 122 Å². The molecule has 0 aliphatic rings. The number of fused-ring (bicyclic) bond motifs is 1. The lowest BCUT2D eigenvalue weighted by Crippen LogP contribution is -2.38. The summed E-state index contributed by atoms with van der Waals surface area (Å²) in [5, 5.41) is 12.1. The molecule has 2 aromatic rings. The van der Waals surface area contributed by atoms with Crippen molar-refractivity contribution in [2.45, 2.75) is 26.3 Å². The van der Waals surface area contributed by atoms with E-state index in [9.17, 15) is 14.7 Å². The number of aromatic nitrogens is 1. The minimum absolute atomic E-state index is 0.126. The van der Waals surface area contributed by atoms with Gasteiger partial charge in [0.25, 0.3) is 5.91 Å². The molecule has 1 unspecified atom stereocenters. The van der Waals surface area contributed by atoms with E-state index in [4.69, 9.17) is 4.42 Å². The van der Waals surface area contributed by atoms with Crippen molar-refractivity contribution >= 4 is 17.0 Å². The van der Waals surface area contributed by atoms with Crippen molar-refractivity contribution in [3.05, 3.63) is 34.3 Å². The number of aliphatic hydroxyl groups excluding tert-OH is 1. The van der Waals surface area contributed by atoms with E-state index < -0.39 is 5.76 Å². The topological polar surface area (TPSA) is 84.5 Å². The van der Waals surface area contributed by atoms with Crippen LogP contribution in [0.2, 0.25) is 0 Å². The summed E-state index contributed by atoms with van der Waals surface area (Å²) in [5.41, 5.74) is 1.13. The van der Waals surface area contributed by atoms with Crippen molar-refractivity contribution in [3.8, 4) is 0 Å². The molecule has 0 bridgehead atoms. The molecule has 2 N–H and O–H groups in total. The van der Waals surface area contributed by atoms with E-state index in [1.807, 2.05) is 13.8 Å². The number of aliphatic hydroxyl groups is 1. The first-order valence-corrected chi connectivity index (χ1v) is 6.94. The van der Waals surface area contributed by atoms with Crippen LogP contribution in [0.3, 0.4) is 0 Å². The Morgan fingerprint density at radius 1 is 1.43 bits per heavy atom. The number of nitrogens with zero attached hydrogens (tertiary/aromatic N) is 1. The first-order valence-electron chi connectivity index (χ1n) is 6.94. The number of benzene rings is 1. The summed E-state index contributed by atoms with van der Waals surface area (Å²) in [5.74, 6) is -0.506. The number of carbonyl (C=O) groups excluding carboxylic acids is 1. The zero-order valence-electron chi connectivity index (χ0n) is 12.4. The van der Waals surface area contributed by atoms with Crippen molar-refractivity contribution in [2.24, 2.45) is 13.0 Å². The molecule has 2 rings (SSSR count). The Morgan fingerprint density at radius 3 is 2.76 bits per heavy atom. The SMILES string of the molecule is CC(C)CC(CO)NC(=O)c1cccc2c1oc(=O)n2C. The minimum Gasteiger partial charge on any atom is -0.407 e. The van der Waals surface area contributed by atoms with E-state index in [1.165, 1.54) is 4.57 Å². The number of para-hydroxylation sites is 1. The summed E-state index contributed by atoms with van der Waals surface area (Å²) in [7, 11) is 1.59. The van der Waals surface area contributed by atoms with Gasteiger partial charge in [-0.05, 0) is 24.5 Å². The molecule has 0 spiro atoms. The molecule has 114 valence electrons. The van der Waals surface area contributed by atoms with Gasteiger partial charge in [-0.1, -0.05) is 19.9 Å². The Morgan fingerprint density at radius 2 is 2.14 bits per heavy atom. The fraction of sp³-hybridized carbons (Fsp3) is 0.467. The van der Waals surface area contributed by atoms with Gasteiger partial charge >= 0.3 is 5.76 Å². The fourth-order valence-corrected chi connectivity index (χ4v) is 2.34. The zero-order valence-corrected chi connectivity index (χ0v) is 12.4. The van der Waals surface area contributed by atoms with E-state index in [0.29, 0.717) is 23.4 Å². The summed E-state index contributed by atoms with van der Waals surface area (Å²) in [4.78, 5) is 23.9. The standard InChI is InChI=1S/C15H20N2O4/c1-9(2)7-10(8-18)16-14(19)11-5-4-6-12-13(11)21-15(20)17(12)3/h4-6,9-10,18H,7-8H2,1-3H3,(H,16,19).